The second-order valence-corrected chi connectivity index (χ2v) is 15.1. The number of rotatable bonds is 12. The van der Waals surface area contributed by atoms with Crippen LogP contribution >= 0.6 is 0 Å². The molecule has 0 aromatic heterocycles. The summed E-state index contributed by atoms with van der Waals surface area (Å²) in [5.41, 5.74) is 13.4. The van der Waals surface area contributed by atoms with Crippen molar-refractivity contribution in [2.75, 3.05) is 14.2 Å². The molecular weight excluding hydrogens is 769 g/mol. The number of allylic oxidation sites excluding steroid dienone is 8. The first-order valence-electron chi connectivity index (χ1n) is 20.4. The quantitative estimate of drug-likeness (QED) is 0.128. The molecule has 0 bridgehead atoms. The highest BCUT2D eigenvalue weighted by Crippen LogP contribution is 2.52. The van der Waals surface area contributed by atoms with Gasteiger partial charge in [0.05, 0.1) is 27.4 Å². The van der Waals surface area contributed by atoms with Crippen molar-refractivity contribution in [3.8, 4) is 11.5 Å². The molecule has 0 saturated carbocycles. The zero-order valence-corrected chi connectivity index (χ0v) is 34.3. The van der Waals surface area contributed by atoms with E-state index in [1.807, 2.05) is 182 Å². The van der Waals surface area contributed by atoms with Gasteiger partial charge in [-0.25, -0.2) is 0 Å². The van der Waals surface area contributed by atoms with E-state index in [9.17, 15) is 10.2 Å². The van der Waals surface area contributed by atoms with Crippen molar-refractivity contribution >= 4 is 56.2 Å². The molecule has 0 heterocycles. The molecule has 2 aliphatic carbocycles. The number of carbonyl (C=O) groups is 2. The van der Waals surface area contributed by atoms with E-state index in [0.29, 0.717) is 33.8 Å². The van der Waals surface area contributed by atoms with E-state index >= 15 is 9.59 Å². The Bertz CT molecular complexity index is 2730. The second-order valence-electron chi connectivity index (χ2n) is 15.1. The Morgan fingerprint density at radius 1 is 0.306 bits per heavy atom. The third-order valence-corrected chi connectivity index (χ3v) is 11.6. The molecule has 2 aliphatic rings. The van der Waals surface area contributed by atoms with Crippen molar-refractivity contribution in [3.05, 3.63) is 238 Å². The van der Waals surface area contributed by atoms with Crippen LogP contribution in [0.2, 0.25) is 0 Å². The molecule has 6 heteroatoms. The zero-order chi connectivity index (χ0) is 42.7. The third kappa shape index (κ3) is 7.21. The van der Waals surface area contributed by atoms with Crippen LogP contribution in [0.5, 0.6) is 11.5 Å². The third-order valence-electron chi connectivity index (χ3n) is 11.6. The summed E-state index contributed by atoms with van der Waals surface area (Å²) in [5.74, 6) is 1.15. The van der Waals surface area contributed by atoms with E-state index in [4.69, 9.17) is 9.47 Å². The van der Waals surface area contributed by atoms with Crippen molar-refractivity contribution in [2.24, 2.45) is 0 Å². The summed E-state index contributed by atoms with van der Waals surface area (Å²) in [4.78, 5) is 30.2. The van der Waals surface area contributed by atoms with Crippen LogP contribution in [0.3, 0.4) is 0 Å². The Labute approximate surface area is 360 Å². The van der Waals surface area contributed by atoms with Gasteiger partial charge in [-0.3, -0.25) is 9.59 Å². The van der Waals surface area contributed by atoms with Crippen LogP contribution in [0.4, 0.5) is 0 Å². The van der Waals surface area contributed by atoms with Gasteiger partial charge in [-0.05, 0) is 79.9 Å². The van der Waals surface area contributed by atoms with Crippen LogP contribution in [0.15, 0.2) is 182 Å². The Hall–Kier alpha value is -7.64. The first-order chi connectivity index (χ1) is 30.4. The highest BCUT2D eigenvalue weighted by Gasteiger charge is 2.38. The van der Waals surface area contributed by atoms with Gasteiger partial charge < -0.3 is 19.7 Å². The smallest absolute Gasteiger partial charge is 0.195 e. The minimum Gasteiger partial charge on any atom is -0.497 e. The fraction of sp³-hybridized carbons (Fsp3) is 0.0714. The topological polar surface area (TPSA) is 93.1 Å². The van der Waals surface area contributed by atoms with E-state index < -0.39 is 0 Å². The summed E-state index contributed by atoms with van der Waals surface area (Å²) in [6.45, 7) is -0.218. The number of hydrogen-bond acceptors (Lipinski definition) is 6. The van der Waals surface area contributed by atoms with Crippen LogP contribution in [-0.4, -0.2) is 36.0 Å². The lowest BCUT2D eigenvalue weighted by atomic mass is 9.86. The molecule has 0 unspecified atom stereocenters. The molecule has 0 atom stereocenters. The molecular formula is C56H42O6. The monoisotopic (exact) mass is 810 g/mol. The minimum absolute atomic E-state index is 0.105. The average molecular weight is 811 g/mol. The lowest BCUT2D eigenvalue weighted by molar-refractivity contribution is -0.109. The largest absolute Gasteiger partial charge is 0.497 e. The molecule has 302 valence electrons. The summed E-state index contributed by atoms with van der Waals surface area (Å²) in [7, 11) is 3.24. The maximum atomic E-state index is 15.1. The van der Waals surface area contributed by atoms with Gasteiger partial charge >= 0.3 is 0 Å². The average Bonchev–Trinajstić information content (AvgIpc) is 3.82. The molecule has 0 fully saturated rings. The molecule has 9 rings (SSSR count). The van der Waals surface area contributed by atoms with Gasteiger partial charge in [0.25, 0.3) is 0 Å². The Morgan fingerprint density at radius 2 is 0.532 bits per heavy atom. The predicted molar refractivity (Wildman–Crippen MR) is 247 cm³/mol. The van der Waals surface area contributed by atoms with E-state index in [-0.39, 0.29) is 24.8 Å². The summed E-state index contributed by atoms with van der Waals surface area (Å²) in [5, 5.41) is 19.8. The molecule has 0 aliphatic heterocycles. The normalized spacial score (nSPS) is 14.1. The van der Waals surface area contributed by atoms with E-state index in [1.165, 1.54) is 0 Å². The van der Waals surface area contributed by atoms with Gasteiger partial charge in [0.15, 0.2) is 11.6 Å². The molecule has 0 radical (unpaired) electrons. The molecule has 6 nitrogen and oxygen atoms in total. The lowest BCUT2D eigenvalue weighted by Crippen LogP contribution is -2.02. The second kappa shape index (κ2) is 17.1. The predicted octanol–water partition coefficient (Wildman–Crippen LogP) is 10.9. The van der Waals surface area contributed by atoms with Crippen LogP contribution in [0, 0.1) is 0 Å². The number of hydrogen-bond donors (Lipinski definition) is 2. The molecule has 7 aromatic rings. The first-order valence-corrected chi connectivity index (χ1v) is 20.4. The maximum absolute atomic E-state index is 15.1. The number of ether oxygens (including phenoxy) is 2. The van der Waals surface area contributed by atoms with Gasteiger partial charge in [0, 0.05) is 44.6 Å². The summed E-state index contributed by atoms with van der Waals surface area (Å²) >= 11 is 0. The molecule has 0 amide bonds. The number of carbonyl (C=O) groups excluding carboxylic acids is 2. The SMILES string of the molecule is COc1ccc(C2=C(c3ccccc3)C(c3ccc(C4=C(c5ccc(OC)cc5)C(=O)C(c5ccc(CO)cc5)=C4c4ccccc4)cc3)=C(c3ccc(CO)cc3)C2=O)cc1. The molecule has 7 aromatic carbocycles. The number of benzene rings is 7. The summed E-state index contributed by atoms with van der Waals surface area (Å²) in [6.07, 6.45) is 0. The highest BCUT2D eigenvalue weighted by molar-refractivity contribution is 6.60. The van der Waals surface area contributed by atoms with Crippen LogP contribution < -0.4 is 9.47 Å². The van der Waals surface area contributed by atoms with Gasteiger partial charge in [0.2, 0.25) is 0 Å². The number of Topliss-reactive ketones (excluding diaryl/α,β-unsaturated/α-hetero) is 2. The summed E-state index contributed by atoms with van der Waals surface area (Å²) in [6, 6.07) is 58.2. The van der Waals surface area contributed by atoms with Crippen molar-refractivity contribution in [1.29, 1.82) is 0 Å². The van der Waals surface area contributed by atoms with Crippen LogP contribution in [0.25, 0.3) is 44.6 Å². The van der Waals surface area contributed by atoms with Crippen molar-refractivity contribution in [2.45, 2.75) is 13.2 Å². The van der Waals surface area contributed by atoms with Gasteiger partial charge in [-0.2, -0.15) is 0 Å². The highest BCUT2D eigenvalue weighted by atomic mass is 16.5. The Balaban J connectivity index is 1.29. The molecule has 2 N–H and O–H groups in total. The fourth-order valence-corrected chi connectivity index (χ4v) is 8.54. The van der Waals surface area contributed by atoms with Gasteiger partial charge in [-0.1, -0.05) is 158 Å². The number of methoxy groups -OCH3 is 2. The standard InChI is InChI=1S/C56H42O6/c1-61-45-29-25-43(26-30-45)53-48(38-11-7-4-8-12-38)49(52(56(53)60)42-19-15-36(34-58)16-20-42)39-21-23-40(24-22-39)50-47(37-9-5-3-6-10-37)51(41-17-13-35(33-57)14-18-41)55(59)54(50)44-27-31-46(62-2)32-28-44/h3-32,57-58H,33-34H2,1-2H3. The van der Waals surface area contributed by atoms with E-state index in [0.717, 1.165) is 77.9 Å². The Kier molecular flexibility index (Phi) is 11.0. The van der Waals surface area contributed by atoms with Crippen LogP contribution in [0.1, 0.15) is 55.6 Å². The molecule has 0 saturated heterocycles. The first kappa shape index (κ1) is 39.8. The fourth-order valence-electron chi connectivity index (χ4n) is 8.54. The van der Waals surface area contributed by atoms with Crippen molar-refractivity contribution in [3.63, 3.8) is 0 Å². The minimum atomic E-state index is -0.113. The summed E-state index contributed by atoms with van der Waals surface area (Å²) < 4.78 is 11.0. The van der Waals surface area contributed by atoms with Crippen molar-refractivity contribution in [1.82, 2.24) is 0 Å². The van der Waals surface area contributed by atoms with Crippen molar-refractivity contribution < 1.29 is 29.3 Å². The van der Waals surface area contributed by atoms with E-state index in [2.05, 4.69) is 0 Å². The number of aliphatic hydroxyl groups excluding tert-OH is 2. The number of ketones is 2. The van der Waals surface area contributed by atoms with E-state index in [1.54, 1.807) is 14.2 Å². The molecule has 0 spiro atoms. The van der Waals surface area contributed by atoms with Gasteiger partial charge in [-0.15, -0.1) is 0 Å². The Morgan fingerprint density at radius 3 is 0.790 bits per heavy atom. The molecule has 62 heavy (non-hydrogen) atoms. The number of aliphatic hydroxyl groups is 2. The zero-order valence-electron chi connectivity index (χ0n) is 34.3. The van der Waals surface area contributed by atoms with Gasteiger partial charge in [0.1, 0.15) is 11.5 Å². The maximum Gasteiger partial charge on any atom is 0.195 e. The van der Waals surface area contributed by atoms with Crippen LogP contribution in [-0.2, 0) is 22.8 Å². The lowest BCUT2D eigenvalue weighted by Gasteiger charge is -2.17.